The van der Waals surface area contributed by atoms with E-state index in [0.717, 1.165) is 5.92 Å². The molecule has 0 bridgehead atoms. The quantitative estimate of drug-likeness (QED) is 0.732. The zero-order valence-corrected chi connectivity index (χ0v) is 14.1. The Bertz CT molecular complexity index is 566. The van der Waals surface area contributed by atoms with E-state index < -0.39 is 0 Å². The highest BCUT2D eigenvalue weighted by Gasteiger charge is 2.63. The van der Waals surface area contributed by atoms with Gasteiger partial charge in [-0.3, -0.25) is 0 Å². The molecule has 0 radical (unpaired) electrons. The number of anilines is 1. The highest BCUT2D eigenvalue weighted by atomic mass is 32.2. The topological polar surface area (TPSA) is 12.0 Å². The van der Waals surface area contributed by atoms with Crippen molar-refractivity contribution in [1.29, 1.82) is 0 Å². The van der Waals surface area contributed by atoms with Crippen molar-refractivity contribution in [3.8, 4) is 0 Å². The van der Waals surface area contributed by atoms with Crippen molar-refractivity contribution in [2.24, 2.45) is 5.92 Å². The van der Waals surface area contributed by atoms with Crippen molar-refractivity contribution >= 4 is 29.2 Å². The second kappa shape index (κ2) is 4.61. The summed E-state index contributed by atoms with van der Waals surface area (Å²) in [6.07, 6.45) is 8.61. The van der Waals surface area contributed by atoms with E-state index in [-0.39, 0.29) is 0 Å². The van der Waals surface area contributed by atoms with Crippen molar-refractivity contribution in [2.45, 2.75) is 54.1 Å². The Labute approximate surface area is 136 Å². The first-order valence-corrected chi connectivity index (χ1v) is 10.5. The van der Waals surface area contributed by atoms with Crippen LogP contribution in [-0.4, -0.2) is 21.6 Å². The third kappa shape index (κ3) is 1.63. The van der Waals surface area contributed by atoms with Crippen LogP contribution in [0.25, 0.3) is 0 Å². The molecule has 4 aliphatic rings. The molecule has 1 saturated heterocycles. The first kappa shape index (κ1) is 13.2. The van der Waals surface area contributed by atoms with Gasteiger partial charge in [-0.05, 0) is 43.2 Å². The highest BCUT2D eigenvalue weighted by molar-refractivity contribution is 8.21. The molecule has 2 saturated carbocycles. The van der Waals surface area contributed by atoms with Gasteiger partial charge in [-0.2, -0.15) is 0 Å². The number of benzene rings is 1. The Morgan fingerprint density at radius 2 is 1.86 bits per heavy atom. The maximum absolute atomic E-state index is 4.02. The van der Waals surface area contributed by atoms with Crippen molar-refractivity contribution in [1.82, 2.24) is 0 Å². The molecule has 2 spiro atoms. The summed E-state index contributed by atoms with van der Waals surface area (Å²) >= 11 is 4.53. The lowest BCUT2D eigenvalue weighted by molar-refractivity contribution is 0.116. The van der Waals surface area contributed by atoms with Gasteiger partial charge in [0.05, 0.1) is 10.1 Å². The van der Waals surface area contributed by atoms with Crippen LogP contribution in [0.3, 0.4) is 0 Å². The zero-order chi connectivity index (χ0) is 13.9. The summed E-state index contributed by atoms with van der Waals surface area (Å²) in [5.41, 5.74) is 3.55. The van der Waals surface area contributed by atoms with Gasteiger partial charge in [0.15, 0.2) is 0 Å². The van der Waals surface area contributed by atoms with E-state index in [1.807, 2.05) is 0 Å². The molecule has 5 rings (SSSR count). The number of para-hydroxylation sites is 1. The second-order valence-corrected chi connectivity index (χ2v) is 10.3. The van der Waals surface area contributed by atoms with Gasteiger partial charge in [0.2, 0.25) is 0 Å². The van der Waals surface area contributed by atoms with E-state index >= 15 is 0 Å². The molecule has 21 heavy (non-hydrogen) atoms. The van der Waals surface area contributed by atoms with Crippen LogP contribution >= 0.6 is 23.5 Å². The van der Waals surface area contributed by atoms with Crippen LogP contribution in [0.5, 0.6) is 0 Å². The fraction of sp³-hybridized carbons (Fsp3) is 0.667. The smallest absolute Gasteiger partial charge is 0.0820 e. The SMILES string of the molecule is c1ccc2c(c1)N[C@H]1C3(CC[C@H]4CCCC[C@]241)SCCS3. The van der Waals surface area contributed by atoms with E-state index in [1.54, 1.807) is 5.56 Å². The monoisotopic (exact) mass is 317 g/mol. The minimum absolute atomic E-state index is 0.442. The molecule has 2 aliphatic heterocycles. The van der Waals surface area contributed by atoms with Gasteiger partial charge in [-0.1, -0.05) is 31.0 Å². The maximum atomic E-state index is 4.02. The van der Waals surface area contributed by atoms with Gasteiger partial charge in [0.25, 0.3) is 0 Å². The average molecular weight is 318 g/mol. The Balaban J connectivity index is 1.69. The van der Waals surface area contributed by atoms with Crippen molar-refractivity contribution < 1.29 is 0 Å². The lowest BCUT2D eigenvalue weighted by Crippen LogP contribution is -2.59. The Hall–Kier alpha value is -0.280. The molecule has 1 N–H and O–H groups in total. The standard InChI is InChI=1S/C18H23NS2/c1-2-7-15-14(6-1)17-9-4-3-5-13(17)8-10-18(16(17)19-15)20-11-12-21-18/h1-2,6-7,13,16,19H,3-5,8-12H2/t13-,16-,17-/m1/s1. The third-order valence-corrected chi connectivity index (χ3v) is 10.1. The van der Waals surface area contributed by atoms with E-state index in [1.165, 1.54) is 55.7 Å². The third-order valence-electron chi connectivity index (χ3n) is 6.42. The van der Waals surface area contributed by atoms with Gasteiger partial charge < -0.3 is 5.32 Å². The van der Waals surface area contributed by atoms with Crippen molar-refractivity contribution in [3.63, 3.8) is 0 Å². The predicted octanol–water partition coefficient (Wildman–Crippen LogP) is 4.88. The van der Waals surface area contributed by atoms with Gasteiger partial charge >= 0.3 is 0 Å². The van der Waals surface area contributed by atoms with Crippen LogP contribution in [-0.2, 0) is 5.41 Å². The van der Waals surface area contributed by atoms with E-state index in [2.05, 4.69) is 53.1 Å². The molecule has 1 nitrogen and oxygen atoms in total. The molecule has 112 valence electrons. The molecule has 0 aromatic heterocycles. The van der Waals surface area contributed by atoms with E-state index in [4.69, 9.17) is 0 Å². The molecule has 2 heterocycles. The van der Waals surface area contributed by atoms with E-state index in [0.29, 0.717) is 15.5 Å². The Morgan fingerprint density at radius 1 is 1.00 bits per heavy atom. The number of thioether (sulfide) groups is 2. The van der Waals surface area contributed by atoms with Crippen LogP contribution in [0.2, 0.25) is 0 Å². The Kier molecular flexibility index (Phi) is 2.89. The molecule has 1 aromatic carbocycles. The number of hydrogen-bond acceptors (Lipinski definition) is 3. The first-order chi connectivity index (χ1) is 10.4. The fourth-order valence-corrected chi connectivity index (χ4v) is 9.25. The van der Waals surface area contributed by atoms with E-state index in [9.17, 15) is 0 Å². The summed E-state index contributed by atoms with van der Waals surface area (Å²) in [6.45, 7) is 0. The molecule has 3 atom stereocenters. The minimum Gasteiger partial charge on any atom is -0.379 e. The first-order valence-electron chi connectivity index (χ1n) is 8.49. The molecule has 3 fully saturated rings. The van der Waals surface area contributed by atoms with Crippen molar-refractivity contribution in [2.75, 3.05) is 16.8 Å². The summed E-state index contributed by atoms with van der Waals surface area (Å²) in [4.78, 5) is 0. The summed E-state index contributed by atoms with van der Waals surface area (Å²) in [7, 11) is 0. The van der Waals surface area contributed by atoms with Crippen LogP contribution < -0.4 is 5.32 Å². The average Bonchev–Trinajstić information content (AvgIpc) is 3.12. The number of rotatable bonds is 0. The van der Waals surface area contributed by atoms with Gasteiger partial charge in [0, 0.05) is 22.6 Å². The number of fused-ring (bicyclic) bond motifs is 2. The van der Waals surface area contributed by atoms with Crippen LogP contribution in [0.4, 0.5) is 5.69 Å². The molecular weight excluding hydrogens is 294 g/mol. The largest absolute Gasteiger partial charge is 0.379 e. The normalized spacial score (nSPS) is 39.4. The molecule has 0 amide bonds. The van der Waals surface area contributed by atoms with Gasteiger partial charge in [-0.15, -0.1) is 23.5 Å². The summed E-state index contributed by atoms with van der Waals surface area (Å²) in [5.74, 6) is 3.61. The van der Waals surface area contributed by atoms with Gasteiger partial charge in [0.1, 0.15) is 0 Å². The second-order valence-electron chi connectivity index (χ2n) is 7.15. The highest BCUT2D eigenvalue weighted by Crippen LogP contribution is 2.66. The summed E-state index contributed by atoms with van der Waals surface area (Å²) < 4.78 is 0.451. The fourth-order valence-electron chi connectivity index (χ4n) is 5.66. The minimum atomic E-state index is 0.442. The number of hydrogen-bond donors (Lipinski definition) is 1. The van der Waals surface area contributed by atoms with Crippen LogP contribution in [0.1, 0.15) is 44.1 Å². The molecular formula is C18H23NS2. The summed E-state index contributed by atoms with van der Waals surface area (Å²) in [5, 5.41) is 4.02. The maximum Gasteiger partial charge on any atom is 0.0820 e. The molecule has 3 heteroatoms. The van der Waals surface area contributed by atoms with Gasteiger partial charge in [-0.25, -0.2) is 0 Å². The molecule has 0 unspecified atom stereocenters. The van der Waals surface area contributed by atoms with Crippen molar-refractivity contribution in [3.05, 3.63) is 29.8 Å². The summed E-state index contributed by atoms with van der Waals surface area (Å²) in [6, 6.07) is 9.90. The number of nitrogens with one attached hydrogen (secondary N) is 1. The van der Waals surface area contributed by atoms with Crippen LogP contribution in [0, 0.1) is 5.92 Å². The zero-order valence-electron chi connectivity index (χ0n) is 12.4. The Morgan fingerprint density at radius 3 is 2.76 bits per heavy atom. The lowest BCUT2D eigenvalue weighted by atomic mass is 9.55. The van der Waals surface area contributed by atoms with Crippen LogP contribution in [0.15, 0.2) is 24.3 Å². The molecule has 2 aliphatic carbocycles. The lowest BCUT2D eigenvalue weighted by Gasteiger charge is -2.55. The molecule has 1 aromatic rings. The predicted molar refractivity (Wildman–Crippen MR) is 94.4 cm³/mol.